The molecule has 0 bridgehead atoms. The first kappa shape index (κ1) is 17.6. The topological polar surface area (TPSA) is 117 Å². The van der Waals surface area contributed by atoms with Crippen LogP contribution in [0.2, 0.25) is 0 Å². The summed E-state index contributed by atoms with van der Waals surface area (Å²) in [6.07, 6.45) is -8.19. The van der Waals surface area contributed by atoms with Crippen LogP contribution in [-0.2, 0) is 9.53 Å². The van der Waals surface area contributed by atoms with Gasteiger partial charge in [-0.3, -0.25) is 19.1 Å². The number of aliphatic hydroxyl groups excluding tert-OH is 2. The van der Waals surface area contributed by atoms with Gasteiger partial charge in [0.15, 0.2) is 11.0 Å². The van der Waals surface area contributed by atoms with Crippen LogP contribution < -0.4 is 10.9 Å². The number of alkyl halides is 3. The lowest BCUT2D eigenvalue weighted by Gasteiger charge is -2.24. The third-order valence-corrected chi connectivity index (χ3v) is 3.54. The number of nitrogens with one attached hydrogen (secondary N) is 2. The first-order valence-electron chi connectivity index (χ1n) is 6.28. The van der Waals surface area contributed by atoms with E-state index in [2.05, 4.69) is 4.98 Å². The number of H-pyrrole nitrogens is 1. The van der Waals surface area contributed by atoms with Crippen LogP contribution in [0.1, 0.15) is 6.23 Å². The molecule has 0 aliphatic carbocycles. The van der Waals surface area contributed by atoms with Gasteiger partial charge in [0.1, 0.15) is 18.2 Å². The van der Waals surface area contributed by atoms with Crippen LogP contribution in [-0.4, -0.2) is 56.7 Å². The Labute approximate surface area is 131 Å². The summed E-state index contributed by atoms with van der Waals surface area (Å²) in [5.74, 6) is -2.27. The molecule has 0 spiro atoms. The van der Waals surface area contributed by atoms with Crippen LogP contribution in [0, 0.1) is 4.77 Å². The van der Waals surface area contributed by atoms with E-state index < -0.39 is 48.7 Å². The molecule has 128 valence electrons. The van der Waals surface area contributed by atoms with Gasteiger partial charge in [0.05, 0.1) is 6.61 Å². The smallest absolute Gasteiger partial charge is 0.394 e. The van der Waals surface area contributed by atoms with E-state index in [0.29, 0.717) is 0 Å². The number of nitrogens with zero attached hydrogens (tertiary/aromatic N) is 1. The van der Waals surface area contributed by atoms with E-state index in [1.807, 2.05) is 0 Å². The van der Waals surface area contributed by atoms with Gasteiger partial charge in [-0.25, -0.2) is 0 Å². The van der Waals surface area contributed by atoms with Crippen molar-refractivity contribution in [1.82, 2.24) is 14.9 Å². The van der Waals surface area contributed by atoms with Gasteiger partial charge in [-0.05, 0) is 12.2 Å². The van der Waals surface area contributed by atoms with Gasteiger partial charge in [0, 0.05) is 12.3 Å². The van der Waals surface area contributed by atoms with Crippen molar-refractivity contribution < 1.29 is 32.9 Å². The molecule has 0 unspecified atom stereocenters. The van der Waals surface area contributed by atoms with E-state index in [1.54, 1.807) is 5.32 Å². The average molecular weight is 355 g/mol. The molecular formula is C11H12F3N3O5S. The van der Waals surface area contributed by atoms with Crippen LogP contribution in [0.25, 0.3) is 0 Å². The summed E-state index contributed by atoms with van der Waals surface area (Å²) in [5, 5.41) is 20.7. The van der Waals surface area contributed by atoms with Crippen LogP contribution in [0.3, 0.4) is 0 Å². The number of rotatable bonds is 3. The molecule has 8 nitrogen and oxygen atoms in total. The van der Waals surface area contributed by atoms with Crippen LogP contribution in [0.15, 0.2) is 17.1 Å². The number of carbonyl (C=O) groups excluding carboxylic acids is 1. The lowest BCUT2D eigenvalue weighted by Crippen LogP contribution is -2.51. The number of aromatic nitrogens is 2. The molecule has 4 atom stereocenters. The van der Waals surface area contributed by atoms with Crippen molar-refractivity contribution in [3.63, 3.8) is 0 Å². The second kappa shape index (κ2) is 6.39. The van der Waals surface area contributed by atoms with E-state index in [0.717, 1.165) is 16.8 Å². The molecule has 23 heavy (non-hydrogen) atoms. The maximum Gasteiger partial charge on any atom is 0.471 e. The molecular weight excluding hydrogens is 343 g/mol. The van der Waals surface area contributed by atoms with Gasteiger partial charge in [-0.2, -0.15) is 13.2 Å². The highest BCUT2D eigenvalue weighted by atomic mass is 32.1. The number of carbonyl (C=O) groups is 1. The van der Waals surface area contributed by atoms with Gasteiger partial charge in [-0.1, -0.05) is 0 Å². The molecule has 1 aliphatic heterocycles. The molecule has 1 amide bonds. The zero-order valence-corrected chi connectivity index (χ0v) is 12.1. The number of aromatic amines is 1. The molecule has 1 aromatic heterocycles. The molecule has 1 aromatic rings. The Hall–Kier alpha value is -1.76. The van der Waals surface area contributed by atoms with Gasteiger partial charge in [0.2, 0.25) is 0 Å². The number of aliphatic hydroxyl groups is 2. The Morgan fingerprint density at radius 1 is 1.52 bits per heavy atom. The lowest BCUT2D eigenvalue weighted by atomic mass is 10.1. The average Bonchev–Trinajstić information content (AvgIpc) is 2.75. The highest BCUT2D eigenvalue weighted by molar-refractivity contribution is 7.71. The summed E-state index contributed by atoms with van der Waals surface area (Å²) in [7, 11) is 0. The van der Waals surface area contributed by atoms with Crippen molar-refractivity contribution >= 4 is 18.1 Å². The normalized spacial score (nSPS) is 27.9. The van der Waals surface area contributed by atoms with Crippen molar-refractivity contribution in [2.45, 2.75) is 30.7 Å². The highest BCUT2D eigenvalue weighted by Gasteiger charge is 2.49. The number of hydrogen-bond donors (Lipinski definition) is 4. The minimum Gasteiger partial charge on any atom is -0.394 e. The van der Waals surface area contributed by atoms with Crippen molar-refractivity contribution in [3.8, 4) is 0 Å². The quantitative estimate of drug-likeness (QED) is 0.528. The number of amides is 1. The maximum absolute atomic E-state index is 12.4. The molecule has 1 saturated heterocycles. The molecule has 0 aromatic carbocycles. The van der Waals surface area contributed by atoms with Gasteiger partial charge in [-0.15, -0.1) is 0 Å². The predicted octanol–water partition coefficient (Wildman–Crippen LogP) is -0.796. The first-order valence-corrected chi connectivity index (χ1v) is 6.69. The lowest BCUT2D eigenvalue weighted by molar-refractivity contribution is -0.175. The van der Waals surface area contributed by atoms with Crippen molar-refractivity contribution in [2.75, 3.05) is 6.61 Å². The van der Waals surface area contributed by atoms with Crippen LogP contribution in [0.5, 0.6) is 0 Å². The molecule has 12 heteroatoms. The Balaban J connectivity index is 2.37. The molecule has 1 aliphatic rings. The summed E-state index contributed by atoms with van der Waals surface area (Å²) in [4.78, 5) is 24.5. The minimum absolute atomic E-state index is 0.181. The summed E-state index contributed by atoms with van der Waals surface area (Å²) >= 11 is 4.88. The Morgan fingerprint density at radius 2 is 2.17 bits per heavy atom. The van der Waals surface area contributed by atoms with E-state index in [9.17, 15) is 27.9 Å². The zero-order chi connectivity index (χ0) is 17.4. The standard InChI is InChI=1S/C11H12F3N3O5S/c12-11(13,14)9(21)16-6-7(20)4(3-18)22-8(6)17-2-1-5(19)15-10(17)23/h1-2,4,6-8,18,20H,3H2,(H,16,21)(H,15,19,23)/t4-,6-,7-,8-/m1/s1. The fourth-order valence-electron chi connectivity index (χ4n) is 2.15. The first-order chi connectivity index (χ1) is 10.6. The number of halogens is 3. The number of ether oxygens (including phenoxy) is 1. The highest BCUT2D eigenvalue weighted by Crippen LogP contribution is 2.30. The van der Waals surface area contributed by atoms with Crippen molar-refractivity contribution in [3.05, 3.63) is 27.4 Å². The van der Waals surface area contributed by atoms with E-state index in [4.69, 9.17) is 22.1 Å². The Bertz CT molecular complexity index is 703. The fourth-order valence-corrected chi connectivity index (χ4v) is 2.42. The van der Waals surface area contributed by atoms with Crippen molar-refractivity contribution in [2.24, 2.45) is 0 Å². The minimum atomic E-state index is -5.16. The summed E-state index contributed by atoms with van der Waals surface area (Å²) < 4.78 is 43.4. The molecule has 2 heterocycles. The second-order valence-corrected chi connectivity index (χ2v) is 5.14. The van der Waals surface area contributed by atoms with E-state index in [1.165, 1.54) is 0 Å². The van der Waals surface area contributed by atoms with Gasteiger partial charge >= 0.3 is 12.1 Å². The van der Waals surface area contributed by atoms with Crippen LogP contribution in [0.4, 0.5) is 13.2 Å². The SMILES string of the molecule is O=C(N[C@@H]1[C@H](O)[C@@H](CO)O[C@H]1n1ccc(=O)[nH]c1=S)C(F)(F)F. The third kappa shape index (κ3) is 3.60. The molecule has 1 fully saturated rings. The largest absolute Gasteiger partial charge is 0.471 e. The zero-order valence-electron chi connectivity index (χ0n) is 11.3. The monoisotopic (exact) mass is 355 g/mol. The maximum atomic E-state index is 12.4. The number of hydrogen-bond acceptors (Lipinski definition) is 6. The summed E-state index contributed by atoms with van der Waals surface area (Å²) in [6, 6.07) is -0.487. The predicted molar refractivity (Wildman–Crippen MR) is 70.9 cm³/mol. The summed E-state index contributed by atoms with van der Waals surface area (Å²) in [6.45, 7) is -0.688. The molecule has 0 radical (unpaired) electrons. The third-order valence-electron chi connectivity index (χ3n) is 3.23. The van der Waals surface area contributed by atoms with E-state index >= 15 is 0 Å². The Kier molecular flexibility index (Phi) is 4.89. The molecule has 4 N–H and O–H groups in total. The van der Waals surface area contributed by atoms with Crippen LogP contribution >= 0.6 is 12.2 Å². The van der Waals surface area contributed by atoms with E-state index in [-0.39, 0.29) is 4.77 Å². The fraction of sp³-hybridized carbons (Fsp3) is 0.545. The summed E-state index contributed by atoms with van der Waals surface area (Å²) in [5.41, 5.74) is -0.542. The molecule has 2 rings (SSSR count). The van der Waals surface area contributed by atoms with Gasteiger partial charge in [0.25, 0.3) is 5.56 Å². The van der Waals surface area contributed by atoms with Crippen molar-refractivity contribution in [1.29, 1.82) is 0 Å². The second-order valence-electron chi connectivity index (χ2n) is 4.75. The molecule has 0 saturated carbocycles. The Morgan fingerprint density at radius 3 is 2.70 bits per heavy atom. The van der Waals surface area contributed by atoms with Gasteiger partial charge < -0.3 is 20.3 Å².